The molecule has 5 rings (SSSR count). The molecule has 5 aliphatic rings. The normalized spacial score (nSPS) is 60.0. The number of rotatable bonds is 0. The van der Waals surface area contributed by atoms with Crippen molar-refractivity contribution in [3.8, 4) is 0 Å². The van der Waals surface area contributed by atoms with Gasteiger partial charge < -0.3 is 0 Å². The second-order valence-corrected chi connectivity index (χ2v) is 15.4. The van der Waals surface area contributed by atoms with Crippen molar-refractivity contribution >= 4 is 0 Å². The molecule has 0 aromatic carbocycles. The fourth-order valence-corrected chi connectivity index (χ4v) is 11.3. The molecule has 5 aliphatic carbocycles. The summed E-state index contributed by atoms with van der Waals surface area (Å²) in [5, 5.41) is 0. The van der Waals surface area contributed by atoms with Crippen LogP contribution < -0.4 is 0 Å². The summed E-state index contributed by atoms with van der Waals surface area (Å²) in [5.74, 6) is 3.81. The molecule has 0 aromatic heterocycles. The molecule has 0 saturated heterocycles. The molecule has 0 aromatic rings. The molecule has 0 bridgehead atoms. The SMILES string of the molecule is C[C@H]1CCC[C@@H]2[C@]1(C)CC[C@H]1[C@@]2(C)CC[C@@]2(C)[C@@H]3CC(C)(C)CC[C@]3(C)CC[C@]12C. The Morgan fingerprint density at radius 2 is 1.17 bits per heavy atom. The number of hydrogen-bond acceptors (Lipinski definition) is 0. The van der Waals surface area contributed by atoms with Gasteiger partial charge in [-0.2, -0.15) is 0 Å². The molecule has 0 aliphatic heterocycles. The van der Waals surface area contributed by atoms with Crippen molar-refractivity contribution in [1.82, 2.24) is 0 Å². The molecular weight excluding hydrogens is 360 g/mol. The minimum Gasteiger partial charge on any atom is -0.0620 e. The van der Waals surface area contributed by atoms with E-state index >= 15 is 0 Å². The highest BCUT2D eigenvalue weighted by atomic mass is 14.7. The van der Waals surface area contributed by atoms with Crippen LogP contribution in [0.4, 0.5) is 0 Å². The van der Waals surface area contributed by atoms with Gasteiger partial charge in [0.15, 0.2) is 0 Å². The van der Waals surface area contributed by atoms with E-state index in [-0.39, 0.29) is 0 Å². The molecule has 0 amide bonds. The Kier molecular flexibility index (Phi) is 4.59. The van der Waals surface area contributed by atoms with Gasteiger partial charge in [0.05, 0.1) is 0 Å². The molecule has 0 heterocycles. The molecule has 0 unspecified atom stereocenters. The lowest BCUT2D eigenvalue weighted by Gasteiger charge is -2.75. The molecule has 172 valence electrons. The summed E-state index contributed by atoms with van der Waals surface area (Å²) in [5.41, 5.74) is 3.48. The van der Waals surface area contributed by atoms with Crippen LogP contribution in [0.5, 0.6) is 0 Å². The summed E-state index contributed by atoms with van der Waals surface area (Å²) in [6.45, 7) is 21.6. The average Bonchev–Trinajstić information content (AvgIpc) is 2.67. The van der Waals surface area contributed by atoms with Gasteiger partial charge >= 0.3 is 0 Å². The zero-order chi connectivity index (χ0) is 21.8. The molecule has 5 saturated carbocycles. The predicted octanol–water partition coefficient (Wildman–Crippen LogP) is 9.28. The van der Waals surface area contributed by atoms with Crippen LogP contribution in [0.15, 0.2) is 0 Å². The van der Waals surface area contributed by atoms with E-state index in [0.29, 0.717) is 32.5 Å². The summed E-state index contributed by atoms with van der Waals surface area (Å²) >= 11 is 0. The van der Waals surface area contributed by atoms with Crippen LogP contribution in [0.3, 0.4) is 0 Å². The maximum Gasteiger partial charge on any atom is -0.0235 e. The number of hydrogen-bond donors (Lipinski definition) is 0. The molecule has 0 N–H and O–H groups in total. The molecular formula is C30H52. The average molecular weight is 413 g/mol. The van der Waals surface area contributed by atoms with Crippen molar-refractivity contribution in [2.75, 3.05) is 0 Å². The van der Waals surface area contributed by atoms with Gasteiger partial charge in [-0.05, 0) is 120 Å². The van der Waals surface area contributed by atoms with Gasteiger partial charge in [-0.1, -0.05) is 68.2 Å². The van der Waals surface area contributed by atoms with Crippen molar-refractivity contribution in [2.24, 2.45) is 56.2 Å². The molecule has 0 radical (unpaired) electrons. The van der Waals surface area contributed by atoms with Crippen LogP contribution >= 0.6 is 0 Å². The maximum absolute atomic E-state index is 2.81. The first-order valence-corrected chi connectivity index (χ1v) is 13.8. The van der Waals surface area contributed by atoms with Gasteiger partial charge in [-0.15, -0.1) is 0 Å². The standard InChI is InChI=1S/C30H52/c1-21-10-9-11-22-27(21,5)13-12-23-28(22,6)17-19-30(8)24-20-25(2,3)14-15-26(24,4)16-18-29(23,30)7/h21-24H,9-20H2,1-8H3/t21-,22+,23-,24+,26+,27+,28-,29+,30-/m0/s1. The highest BCUT2D eigenvalue weighted by Gasteiger charge is 2.70. The molecule has 0 nitrogen and oxygen atoms in total. The van der Waals surface area contributed by atoms with Gasteiger partial charge in [0, 0.05) is 0 Å². The smallest absolute Gasteiger partial charge is 0.0235 e. The van der Waals surface area contributed by atoms with E-state index in [9.17, 15) is 0 Å². The van der Waals surface area contributed by atoms with Crippen LogP contribution in [-0.2, 0) is 0 Å². The van der Waals surface area contributed by atoms with Crippen molar-refractivity contribution in [3.63, 3.8) is 0 Å². The minimum atomic E-state index is 0.551. The van der Waals surface area contributed by atoms with Crippen LogP contribution in [0.2, 0.25) is 0 Å². The van der Waals surface area contributed by atoms with Gasteiger partial charge in [-0.25, -0.2) is 0 Å². The van der Waals surface area contributed by atoms with Crippen molar-refractivity contribution in [3.05, 3.63) is 0 Å². The van der Waals surface area contributed by atoms with Crippen LogP contribution in [0, 0.1) is 56.2 Å². The first-order chi connectivity index (χ1) is 13.8. The Labute approximate surface area is 188 Å². The summed E-state index contributed by atoms with van der Waals surface area (Å²) < 4.78 is 0. The summed E-state index contributed by atoms with van der Waals surface area (Å²) in [7, 11) is 0. The Bertz CT molecular complexity index is 705. The number of fused-ring (bicyclic) bond motifs is 7. The Hall–Kier alpha value is 0. The maximum atomic E-state index is 2.81. The van der Waals surface area contributed by atoms with E-state index < -0.39 is 0 Å². The van der Waals surface area contributed by atoms with Crippen LogP contribution in [0.25, 0.3) is 0 Å². The molecule has 5 fully saturated rings. The lowest BCUT2D eigenvalue weighted by Crippen LogP contribution is -2.67. The largest absolute Gasteiger partial charge is 0.0620 e. The summed E-state index contributed by atoms with van der Waals surface area (Å²) in [4.78, 5) is 0. The lowest BCUT2D eigenvalue weighted by atomic mass is 9.30. The predicted molar refractivity (Wildman–Crippen MR) is 129 cm³/mol. The topological polar surface area (TPSA) is 0 Å². The Morgan fingerprint density at radius 1 is 0.533 bits per heavy atom. The first-order valence-electron chi connectivity index (χ1n) is 13.8. The third-order valence-corrected chi connectivity index (χ3v) is 13.8. The minimum absolute atomic E-state index is 0.551. The molecule has 9 atom stereocenters. The van der Waals surface area contributed by atoms with Crippen molar-refractivity contribution in [2.45, 2.75) is 132 Å². The molecule has 0 heteroatoms. The van der Waals surface area contributed by atoms with Crippen molar-refractivity contribution in [1.29, 1.82) is 0 Å². The zero-order valence-electron chi connectivity index (χ0n) is 21.8. The summed E-state index contributed by atoms with van der Waals surface area (Å²) in [6, 6.07) is 0. The van der Waals surface area contributed by atoms with Crippen molar-refractivity contribution < 1.29 is 0 Å². The monoisotopic (exact) mass is 412 g/mol. The van der Waals surface area contributed by atoms with Crippen LogP contribution in [0.1, 0.15) is 132 Å². The van der Waals surface area contributed by atoms with E-state index in [1.54, 1.807) is 0 Å². The fourth-order valence-electron chi connectivity index (χ4n) is 11.3. The van der Waals surface area contributed by atoms with E-state index in [4.69, 9.17) is 0 Å². The summed E-state index contributed by atoms with van der Waals surface area (Å²) in [6.07, 6.45) is 18.0. The second-order valence-electron chi connectivity index (χ2n) is 15.4. The van der Waals surface area contributed by atoms with E-state index in [2.05, 4.69) is 55.4 Å². The van der Waals surface area contributed by atoms with Crippen LogP contribution in [-0.4, -0.2) is 0 Å². The third-order valence-electron chi connectivity index (χ3n) is 13.8. The second kappa shape index (κ2) is 6.32. The first kappa shape index (κ1) is 21.8. The van der Waals surface area contributed by atoms with Gasteiger partial charge in [0.2, 0.25) is 0 Å². The van der Waals surface area contributed by atoms with E-state index in [1.807, 2.05) is 0 Å². The highest BCUT2D eigenvalue weighted by Crippen LogP contribution is 2.78. The van der Waals surface area contributed by atoms with Gasteiger partial charge in [0.25, 0.3) is 0 Å². The quantitative estimate of drug-likeness (QED) is 0.372. The van der Waals surface area contributed by atoms with Gasteiger partial charge in [-0.3, -0.25) is 0 Å². The fraction of sp³-hybridized carbons (Fsp3) is 1.00. The zero-order valence-corrected chi connectivity index (χ0v) is 21.8. The molecule has 30 heavy (non-hydrogen) atoms. The molecule has 0 spiro atoms. The Morgan fingerprint density at radius 3 is 1.90 bits per heavy atom. The Balaban J connectivity index is 1.55. The lowest BCUT2D eigenvalue weighted by molar-refractivity contribution is -0.258. The van der Waals surface area contributed by atoms with E-state index in [0.717, 1.165) is 23.7 Å². The highest BCUT2D eigenvalue weighted by molar-refractivity contribution is 5.19. The third kappa shape index (κ3) is 2.58. The van der Waals surface area contributed by atoms with Gasteiger partial charge in [0.1, 0.15) is 0 Å². The van der Waals surface area contributed by atoms with E-state index in [1.165, 1.54) is 77.0 Å².